The minimum Gasteiger partial charge on any atom is -0.377 e. The molecule has 0 saturated heterocycles. The SMILES string of the molecule is CC(C)OCCNC(C)c1ccccc1[N+](=O)[O-]. The van der Waals surface area contributed by atoms with Crippen LogP contribution in [0.4, 0.5) is 5.69 Å². The van der Waals surface area contributed by atoms with Gasteiger partial charge in [0.15, 0.2) is 0 Å². The fourth-order valence-electron chi connectivity index (χ4n) is 1.70. The molecule has 0 radical (unpaired) electrons. The first kappa shape index (κ1) is 14.6. The van der Waals surface area contributed by atoms with Crippen LogP contribution in [0.1, 0.15) is 32.4 Å². The molecule has 0 bridgehead atoms. The topological polar surface area (TPSA) is 64.4 Å². The molecule has 0 amide bonds. The summed E-state index contributed by atoms with van der Waals surface area (Å²) in [7, 11) is 0. The molecule has 1 N–H and O–H groups in total. The van der Waals surface area contributed by atoms with E-state index in [4.69, 9.17) is 4.74 Å². The van der Waals surface area contributed by atoms with Crippen molar-refractivity contribution in [1.29, 1.82) is 0 Å². The van der Waals surface area contributed by atoms with E-state index in [0.717, 1.165) is 0 Å². The summed E-state index contributed by atoms with van der Waals surface area (Å²) in [5.41, 5.74) is 0.856. The van der Waals surface area contributed by atoms with Crippen LogP contribution in [0.5, 0.6) is 0 Å². The van der Waals surface area contributed by atoms with E-state index in [1.54, 1.807) is 12.1 Å². The van der Waals surface area contributed by atoms with Gasteiger partial charge in [-0.25, -0.2) is 0 Å². The molecule has 0 saturated carbocycles. The summed E-state index contributed by atoms with van der Waals surface area (Å²) in [6, 6.07) is 6.72. The zero-order chi connectivity index (χ0) is 13.5. The van der Waals surface area contributed by atoms with E-state index in [2.05, 4.69) is 5.32 Å². The molecule has 1 unspecified atom stereocenters. The van der Waals surface area contributed by atoms with Crippen LogP contribution in [0.25, 0.3) is 0 Å². The third-order valence-electron chi connectivity index (χ3n) is 2.60. The van der Waals surface area contributed by atoms with Crippen LogP contribution in [-0.2, 0) is 4.74 Å². The average molecular weight is 252 g/mol. The maximum atomic E-state index is 10.9. The van der Waals surface area contributed by atoms with Crippen molar-refractivity contribution < 1.29 is 9.66 Å². The van der Waals surface area contributed by atoms with E-state index in [0.29, 0.717) is 18.7 Å². The smallest absolute Gasteiger partial charge is 0.274 e. The maximum Gasteiger partial charge on any atom is 0.274 e. The molecule has 0 fully saturated rings. The molecule has 18 heavy (non-hydrogen) atoms. The highest BCUT2D eigenvalue weighted by atomic mass is 16.6. The van der Waals surface area contributed by atoms with Gasteiger partial charge in [0.25, 0.3) is 5.69 Å². The molecule has 1 aromatic carbocycles. The van der Waals surface area contributed by atoms with Crippen molar-refractivity contribution in [3.05, 3.63) is 39.9 Å². The zero-order valence-corrected chi connectivity index (χ0v) is 11.1. The number of hydrogen-bond acceptors (Lipinski definition) is 4. The van der Waals surface area contributed by atoms with Crippen molar-refractivity contribution in [2.45, 2.75) is 32.9 Å². The van der Waals surface area contributed by atoms with Crippen molar-refractivity contribution in [1.82, 2.24) is 5.32 Å². The standard InChI is InChI=1S/C13H20N2O3/c1-10(2)18-9-8-14-11(3)12-6-4-5-7-13(12)15(16)17/h4-7,10-11,14H,8-9H2,1-3H3. The quantitative estimate of drug-likeness (QED) is 0.460. The summed E-state index contributed by atoms with van der Waals surface area (Å²) in [6.45, 7) is 7.14. The van der Waals surface area contributed by atoms with Crippen LogP contribution in [0.15, 0.2) is 24.3 Å². The lowest BCUT2D eigenvalue weighted by Gasteiger charge is -2.15. The van der Waals surface area contributed by atoms with Gasteiger partial charge in [-0.15, -0.1) is 0 Å². The number of nitro groups is 1. The molecule has 5 heteroatoms. The Morgan fingerprint density at radius 2 is 2.00 bits per heavy atom. The van der Waals surface area contributed by atoms with Crippen molar-refractivity contribution in [3.8, 4) is 0 Å². The number of hydrogen-bond donors (Lipinski definition) is 1. The number of nitrogens with zero attached hydrogens (tertiary/aromatic N) is 1. The third-order valence-corrected chi connectivity index (χ3v) is 2.60. The molecule has 100 valence electrons. The van der Waals surface area contributed by atoms with Crippen molar-refractivity contribution in [2.24, 2.45) is 0 Å². The van der Waals surface area contributed by atoms with Crippen LogP contribution >= 0.6 is 0 Å². The fraction of sp³-hybridized carbons (Fsp3) is 0.538. The summed E-state index contributed by atoms with van der Waals surface area (Å²) in [5, 5.41) is 14.1. The largest absolute Gasteiger partial charge is 0.377 e. The van der Waals surface area contributed by atoms with Crippen LogP contribution in [0.2, 0.25) is 0 Å². The molecule has 1 rings (SSSR count). The van der Waals surface area contributed by atoms with Crippen LogP contribution in [0.3, 0.4) is 0 Å². The Morgan fingerprint density at radius 1 is 1.33 bits per heavy atom. The van der Waals surface area contributed by atoms with Gasteiger partial charge in [-0.2, -0.15) is 0 Å². The van der Waals surface area contributed by atoms with Gasteiger partial charge in [0, 0.05) is 24.2 Å². The minimum atomic E-state index is -0.349. The second kappa shape index (κ2) is 7.08. The molecule has 1 aromatic rings. The highest BCUT2D eigenvalue weighted by Crippen LogP contribution is 2.23. The van der Waals surface area contributed by atoms with E-state index in [-0.39, 0.29) is 22.8 Å². The maximum absolute atomic E-state index is 10.9. The number of nitro benzene ring substituents is 1. The molecule has 0 aliphatic heterocycles. The Hall–Kier alpha value is -1.46. The number of ether oxygens (including phenoxy) is 1. The Morgan fingerprint density at radius 3 is 2.61 bits per heavy atom. The lowest BCUT2D eigenvalue weighted by Crippen LogP contribution is -2.24. The second-order valence-corrected chi connectivity index (χ2v) is 4.41. The van der Waals surface area contributed by atoms with Gasteiger partial charge in [-0.05, 0) is 20.8 Å². The monoisotopic (exact) mass is 252 g/mol. The zero-order valence-electron chi connectivity index (χ0n) is 11.1. The van der Waals surface area contributed by atoms with Gasteiger partial charge in [0.05, 0.1) is 17.6 Å². The highest BCUT2D eigenvalue weighted by molar-refractivity contribution is 5.41. The summed E-state index contributed by atoms with van der Waals surface area (Å²) in [4.78, 5) is 10.5. The fourth-order valence-corrected chi connectivity index (χ4v) is 1.70. The van der Waals surface area contributed by atoms with Gasteiger partial charge < -0.3 is 10.1 Å². The third kappa shape index (κ3) is 4.43. The Bertz CT molecular complexity index is 394. The predicted molar refractivity (Wildman–Crippen MR) is 70.6 cm³/mol. The van der Waals surface area contributed by atoms with Gasteiger partial charge in [-0.1, -0.05) is 18.2 Å². The molecular weight excluding hydrogens is 232 g/mol. The Kier molecular flexibility index (Phi) is 5.74. The van der Waals surface area contributed by atoms with Crippen molar-refractivity contribution >= 4 is 5.69 Å². The molecule has 1 atom stereocenters. The van der Waals surface area contributed by atoms with Crippen LogP contribution in [0, 0.1) is 10.1 Å². The van der Waals surface area contributed by atoms with Gasteiger partial charge in [-0.3, -0.25) is 10.1 Å². The number of nitrogens with one attached hydrogen (secondary N) is 1. The summed E-state index contributed by atoms with van der Waals surface area (Å²) >= 11 is 0. The number of benzene rings is 1. The number of rotatable bonds is 7. The summed E-state index contributed by atoms with van der Waals surface area (Å²) in [5.74, 6) is 0. The van der Waals surface area contributed by atoms with Gasteiger partial charge >= 0.3 is 0 Å². The molecular formula is C13H20N2O3. The molecule has 0 aromatic heterocycles. The molecule has 0 aliphatic rings. The summed E-state index contributed by atoms with van der Waals surface area (Å²) < 4.78 is 5.41. The van der Waals surface area contributed by atoms with Crippen LogP contribution in [-0.4, -0.2) is 24.2 Å². The lowest BCUT2D eigenvalue weighted by atomic mass is 10.1. The second-order valence-electron chi connectivity index (χ2n) is 4.41. The predicted octanol–water partition coefficient (Wildman–Crippen LogP) is 2.67. The van der Waals surface area contributed by atoms with E-state index in [9.17, 15) is 10.1 Å². The van der Waals surface area contributed by atoms with Crippen molar-refractivity contribution in [2.75, 3.05) is 13.2 Å². The first-order valence-electron chi connectivity index (χ1n) is 6.10. The normalized spacial score (nSPS) is 12.7. The lowest BCUT2D eigenvalue weighted by molar-refractivity contribution is -0.385. The average Bonchev–Trinajstić information content (AvgIpc) is 2.34. The molecule has 5 nitrogen and oxygen atoms in total. The van der Waals surface area contributed by atoms with E-state index in [1.807, 2.05) is 26.8 Å². The van der Waals surface area contributed by atoms with Crippen LogP contribution < -0.4 is 5.32 Å². The van der Waals surface area contributed by atoms with Gasteiger partial charge in [0.2, 0.25) is 0 Å². The van der Waals surface area contributed by atoms with E-state index >= 15 is 0 Å². The molecule has 0 spiro atoms. The van der Waals surface area contributed by atoms with Gasteiger partial charge in [0.1, 0.15) is 0 Å². The molecule has 0 aliphatic carbocycles. The first-order valence-corrected chi connectivity index (χ1v) is 6.10. The van der Waals surface area contributed by atoms with E-state index < -0.39 is 0 Å². The Labute approximate surface area is 107 Å². The summed E-state index contributed by atoms with van der Waals surface area (Å²) in [6.07, 6.45) is 0.202. The van der Waals surface area contributed by atoms with E-state index in [1.165, 1.54) is 6.07 Å². The Balaban J connectivity index is 2.56. The van der Waals surface area contributed by atoms with Crippen molar-refractivity contribution in [3.63, 3.8) is 0 Å². The first-order chi connectivity index (χ1) is 8.52. The minimum absolute atomic E-state index is 0.0673. The molecule has 0 heterocycles. The number of para-hydroxylation sites is 1. The highest BCUT2D eigenvalue weighted by Gasteiger charge is 2.17.